The zero-order valence-electron chi connectivity index (χ0n) is 8.51. The summed E-state index contributed by atoms with van der Waals surface area (Å²) < 4.78 is 30.7. The van der Waals surface area contributed by atoms with E-state index in [2.05, 4.69) is 4.74 Å². The fourth-order valence-electron chi connectivity index (χ4n) is 1.22. The molecule has 16 heavy (non-hydrogen) atoms. The van der Waals surface area contributed by atoms with E-state index in [9.17, 15) is 18.4 Å². The first-order valence-corrected chi connectivity index (χ1v) is 4.20. The van der Waals surface area contributed by atoms with Gasteiger partial charge in [-0.25, -0.2) is 18.4 Å². The molecule has 6 heteroatoms. The van der Waals surface area contributed by atoms with Gasteiger partial charge >= 0.3 is 11.9 Å². The summed E-state index contributed by atoms with van der Waals surface area (Å²) in [6, 6.07) is 0.882. The smallest absolute Gasteiger partial charge is 0.341 e. The number of carboxylic acids is 1. The molecule has 0 heterocycles. The molecule has 1 rings (SSSR count). The number of rotatable bonds is 2. The van der Waals surface area contributed by atoms with Gasteiger partial charge in [0.15, 0.2) is 11.6 Å². The molecule has 0 aliphatic carbocycles. The molecule has 0 bridgehead atoms. The van der Waals surface area contributed by atoms with Gasteiger partial charge in [-0.15, -0.1) is 0 Å². The number of esters is 1. The number of aryl methyl sites for hydroxylation is 1. The molecule has 0 atom stereocenters. The lowest BCUT2D eigenvalue weighted by Gasteiger charge is -2.08. The summed E-state index contributed by atoms with van der Waals surface area (Å²) in [5.41, 5.74) is -1.72. The summed E-state index contributed by atoms with van der Waals surface area (Å²) in [6.45, 7) is 1.20. The Bertz CT molecular complexity index is 468. The predicted molar refractivity (Wildman–Crippen MR) is 49.4 cm³/mol. The number of hydrogen-bond donors (Lipinski definition) is 1. The highest BCUT2D eigenvalue weighted by Crippen LogP contribution is 2.21. The lowest BCUT2D eigenvalue weighted by atomic mass is 10.0. The van der Waals surface area contributed by atoms with E-state index >= 15 is 0 Å². The van der Waals surface area contributed by atoms with Crippen LogP contribution in [0, 0.1) is 18.6 Å². The molecule has 0 amide bonds. The van der Waals surface area contributed by atoms with Gasteiger partial charge < -0.3 is 9.84 Å². The van der Waals surface area contributed by atoms with Crippen molar-refractivity contribution >= 4 is 11.9 Å². The van der Waals surface area contributed by atoms with Crippen molar-refractivity contribution in [2.75, 3.05) is 7.11 Å². The van der Waals surface area contributed by atoms with Crippen LogP contribution in [-0.4, -0.2) is 24.2 Å². The number of carbonyl (C=O) groups is 2. The van der Waals surface area contributed by atoms with Gasteiger partial charge in [0, 0.05) is 0 Å². The zero-order valence-corrected chi connectivity index (χ0v) is 8.51. The lowest BCUT2D eigenvalue weighted by Crippen LogP contribution is -2.15. The van der Waals surface area contributed by atoms with Crippen LogP contribution in [0.5, 0.6) is 0 Å². The van der Waals surface area contributed by atoms with Gasteiger partial charge in [-0.3, -0.25) is 0 Å². The number of methoxy groups -OCH3 is 1. The Balaban J connectivity index is 3.60. The molecular formula is C10H8F2O4. The maximum atomic E-state index is 13.4. The molecule has 86 valence electrons. The summed E-state index contributed by atoms with van der Waals surface area (Å²) in [6.07, 6.45) is 0. The average molecular weight is 230 g/mol. The number of carboxylic acid groups (broad SMARTS) is 1. The minimum atomic E-state index is -1.53. The van der Waals surface area contributed by atoms with E-state index in [-0.39, 0.29) is 5.56 Å². The van der Waals surface area contributed by atoms with Gasteiger partial charge in [-0.1, -0.05) is 0 Å². The van der Waals surface area contributed by atoms with Crippen LogP contribution in [0.15, 0.2) is 6.07 Å². The second kappa shape index (κ2) is 4.26. The summed E-state index contributed by atoms with van der Waals surface area (Å²) in [5, 5.41) is 8.75. The molecule has 0 radical (unpaired) electrons. The lowest BCUT2D eigenvalue weighted by molar-refractivity contribution is 0.0575. The van der Waals surface area contributed by atoms with Gasteiger partial charge in [-0.2, -0.15) is 0 Å². The van der Waals surface area contributed by atoms with Crippen molar-refractivity contribution < 1.29 is 28.2 Å². The molecule has 0 spiro atoms. The minimum absolute atomic E-state index is 0.192. The Morgan fingerprint density at radius 1 is 1.31 bits per heavy atom. The molecule has 0 saturated heterocycles. The molecule has 0 fully saturated rings. The summed E-state index contributed by atoms with van der Waals surface area (Å²) in [5.74, 6) is -5.52. The van der Waals surface area contributed by atoms with Crippen molar-refractivity contribution in [3.63, 3.8) is 0 Å². The molecule has 0 aliphatic heterocycles. The van der Waals surface area contributed by atoms with Crippen molar-refractivity contribution in [2.24, 2.45) is 0 Å². The Kier molecular flexibility index (Phi) is 3.22. The van der Waals surface area contributed by atoms with Crippen LogP contribution in [0.25, 0.3) is 0 Å². The standard InChI is InChI=1S/C10H8F2O4/c1-4-3-5(9(13)14)6(10(15)16-2)8(12)7(4)11/h3H,1-2H3,(H,13,14). The second-order valence-electron chi connectivity index (χ2n) is 3.04. The van der Waals surface area contributed by atoms with E-state index in [0.717, 1.165) is 13.2 Å². The Hall–Kier alpha value is -1.98. The van der Waals surface area contributed by atoms with E-state index in [1.165, 1.54) is 6.92 Å². The minimum Gasteiger partial charge on any atom is -0.478 e. The van der Waals surface area contributed by atoms with E-state index in [1.54, 1.807) is 0 Å². The molecule has 0 saturated carbocycles. The molecular weight excluding hydrogens is 222 g/mol. The van der Waals surface area contributed by atoms with Crippen LogP contribution in [0.2, 0.25) is 0 Å². The van der Waals surface area contributed by atoms with E-state index < -0.39 is 34.7 Å². The van der Waals surface area contributed by atoms with Gasteiger partial charge in [-0.05, 0) is 18.6 Å². The third-order valence-electron chi connectivity index (χ3n) is 2.01. The highest BCUT2D eigenvalue weighted by atomic mass is 19.2. The first-order chi connectivity index (χ1) is 7.40. The fourth-order valence-corrected chi connectivity index (χ4v) is 1.22. The van der Waals surface area contributed by atoms with Gasteiger partial charge in [0.2, 0.25) is 0 Å². The maximum absolute atomic E-state index is 13.4. The topological polar surface area (TPSA) is 63.6 Å². The molecule has 1 aromatic rings. The molecule has 0 unspecified atom stereocenters. The molecule has 1 N–H and O–H groups in total. The molecule has 4 nitrogen and oxygen atoms in total. The van der Waals surface area contributed by atoms with Crippen molar-refractivity contribution in [3.8, 4) is 0 Å². The fraction of sp³-hybridized carbons (Fsp3) is 0.200. The van der Waals surface area contributed by atoms with E-state index in [4.69, 9.17) is 5.11 Å². The monoisotopic (exact) mass is 230 g/mol. The van der Waals surface area contributed by atoms with Crippen LogP contribution in [0.4, 0.5) is 8.78 Å². The van der Waals surface area contributed by atoms with E-state index in [1.807, 2.05) is 0 Å². The van der Waals surface area contributed by atoms with E-state index in [0.29, 0.717) is 0 Å². The maximum Gasteiger partial charge on any atom is 0.341 e. The molecule has 0 aromatic heterocycles. The zero-order chi connectivity index (χ0) is 12.5. The quantitative estimate of drug-likeness (QED) is 0.786. The number of benzene rings is 1. The van der Waals surface area contributed by atoms with Crippen molar-refractivity contribution in [1.29, 1.82) is 0 Å². The summed E-state index contributed by atoms with van der Waals surface area (Å²) in [7, 11) is 0.950. The highest BCUT2D eigenvalue weighted by Gasteiger charge is 2.26. The Morgan fingerprint density at radius 3 is 2.31 bits per heavy atom. The van der Waals surface area contributed by atoms with Crippen molar-refractivity contribution in [3.05, 3.63) is 34.4 Å². The summed E-state index contributed by atoms with van der Waals surface area (Å²) >= 11 is 0. The number of aromatic carboxylic acids is 1. The molecule has 0 aliphatic rings. The van der Waals surface area contributed by atoms with Crippen molar-refractivity contribution in [1.82, 2.24) is 0 Å². The van der Waals surface area contributed by atoms with Crippen LogP contribution >= 0.6 is 0 Å². The Labute approximate surface area is 89.5 Å². The normalized spacial score (nSPS) is 10.0. The SMILES string of the molecule is COC(=O)c1c(C(=O)O)cc(C)c(F)c1F. The number of carbonyl (C=O) groups excluding carboxylic acids is 1. The summed E-state index contributed by atoms with van der Waals surface area (Å²) in [4.78, 5) is 21.9. The predicted octanol–water partition coefficient (Wildman–Crippen LogP) is 1.76. The third kappa shape index (κ3) is 1.86. The highest BCUT2D eigenvalue weighted by molar-refractivity contribution is 6.02. The van der Waals surface area contributed by atoms with Crippen LogP contribution < -0.4 is 0 Å². The number of hydrogen-bond acceptors (Lipinski definition) is 3. The average Bonchev–Trinajstić information content (AvgIpc) is 2.24. The van der Waals surface area contributed by atoms with Gasteiger partial charge in [0.25, 0.3) is 0 Å². The van der Waals surface area contributed by atoms with Crippen molar-refractivity contribution in [2.45, 2.75) is 6.92 Å². The van der Waals surface area contributed by atoms with Gasteiger partial charge in [0.05, 0.1) is 12.7 Å². The van der Waals surface area contributed by atoms with Crippen LogP contribution in [-0.2, 0) is 4.74 Å². The van der Waals surface area contributed by atoms with Crippen LogP contribution in [0.1, 0.15) is 26.3 Å². The molecule has 1 aromatic carbocycles. The Morgan fingerprint density at radius 2 is 1.88 bits per heavy atom. The first-order valence-electron chi connectivity index (χ1n) is 4.20. The van der Waals surface area contributed by atoms with Gasteiger partial charge in [0.1, 0.15) is 5.56 Å². The second-order valence-corrected chi connectivity index (χ2v) is 3.04. The van der Waals surface area contributed by atoms with Crippen LogP contribution in [0.3, 0.4) is 0 Å². The largest absolute Gasteiger partial charge is 0.478 e. The third-order valence-corrected chi connectivity index (χ3v) is 2.01. The number of ether oxygens (including phenoxy) is 1. The number of halogens is 2. The first kappa shape index (κ1) is 12.1.